The van der Waals surface area contributed by atoms with E-state index >= 15 is 0 Å². The third-order valence-electron chi connectivity index (χ3n) is 4.38. The van der Waals surface area contributed by atoms with Crippen molar-refractivity contribution >= 4 is 29.5 Å². The number of rotatable bonds is 8. The second-order valence-corrected chi connectivity index (χ2v) is 6.63. The Morgan fingerprint density at radius 2 is 1.74 bits per heavy atom. The molecule has 0 aliphatic heterocycles. The summed E-state index contributed by atoms with van der Waals surface area (Å²) in [6.45, 7) is 0.0136. The molecule has 31 heavy (non-hydrogen) atoms. The second-order valence-electron chi connectivity index (χ2n) is 6.63. The van der Waals surface area contributed by atoms with Crippen LogP contribution in [0.5, 0.6) is 0 Å². The van der Waals surface area contributed by atoms with Gasteiger partial charge < -0.3 is 19.4 Å². The number of para-hydroxylation sites is 1. The van der Waals surface area contributed by atoms with Crippen LogP contribution >= 0.6 is 0 Å². The van der Waals surface area contributed by atoms with Gasteiger partial charge in [-0.3, -0.25) is 9.59 Å². The van der Waals surface area contributed by atoms with E-state index in [1.165, 1.54) is 24.3 Å². The highest BCUT2D eigenvalue weighted by Crippen LogP contribution is 2.11. The molecule has 7 nitrogen and oxygen atoms in total. The highest BCUT2D eigenvalue weighted by molar-refractivity contribution is 5.98. The Kier molecular flexibility index (Phi) is 7.37. The van der Waals surface area contributed by atoms with Crippen molar-refractivity contribution in [2.75, 3.05) is 19.0 Å². The molecule has 7 heteroatoms. The van der Waals surface area contributed by atoms with E-state index in [4.69, 9.17) is 4.42 Å². The lowest BCUT2D eigenvalue weighted by Gasteiger charge is -2.19. The molecule has 1 aromatic heterocycles. The highest BCUT2D eigenvalue weighted by atomic mass is 16.5. The number of carbonyl (C=O) groups excluding carboxylic acids is 3. The number of esters is 1. The number of anilines is 1. The van der Waals surface area contributed by atoms with Gasteiger partial charge in [0.25, 0.3) is 0 Å². The Morgan fingerprint density at radius 3 is 2.39 bits per heavy atom. The van der Waals surface area contributed by atoms with Gasteiger partial charge in [-0.25, -0.2) is 4.79 Å². The van der Waals surface area contributed by atoms with Gasteiger partial charge in [0, 0.05) is 11.8 Å². The monoisotopic (exact) mass is 418 g/mol. The van der Waals surface area contributed by atoms with Gasteiger partial charge >= 0.3 is 5.97 Å². The smallest absolute Gasteiger partial charge is 0.337 e. The zero-order chi connectivity index (χ0) is 22.1. The van der Waals surface area contributed by atoms with Crippen molar-refractivity contribution in [1.29, 1.82) is 0 Å². The Bertz CT molecular complexity index is 1040. The molecule has 0 atom stereocenters. The third-order valence-corrected chi connectivity index (χ3v) is 4.38. The number of carbonyl (C=O) groups is 3. The fourth-order valence-corrected chi connectivity index (χ4v) is 2.82. The van der Waals surface area contributed by atoms with Crippen LogP contribution in [-0.2, 0) is 20.9 Å². The molecule has 2 amide bonds. The minimum atomic E-state index is -0.430. The van der Waals surface area contributed by atoms with Gasteiger partial charge in [-0.1, -0.05) is 30.3 Å². The van der Waals surface area contributed by atoms with Gasteiger partial charge in [0.2, 0.25) is 11.8 Å². The minimum Gasteiger partial charge on any atom is -0.467 e. The van der Waals surface area contributed by atoms with Crippen LogP contribution in [0.2, 0.25) is 0 Å². The molecule has 0 spiro atoms. The largest absolute Gasteiger partial charge is 0.467 e. The molecular weight excluding hydrogens is 396 g/mol. The van der Waals surface area contributed by atoms with Crippen LogP contribution in [0, 0.1) is 0 Å². The number of nitrogens with one attached hydrogen (secondary N) is 1. The van der Waals surface area contributed by atoms with E-state index in [2.05, 4.69) is 10.1 Å². The molecule has 3 aromatic rings. The first kappa shape index (κ1) is 21.6. The number of hydrogen-bond acceptors (Lipinski definition) is 5. The maximum absolute atomic E-state index is 12.8. The Balaban J connectivity index is 1.68. The van der Waals surface area contributed by atoms with E-state index in [1.54, 1.807) is 54.6 Å². The molecule has 2 aromatic carbocycles. The van der Waals surface area contributed by atoms with E-state index in [9.17, 15) is 14.4 Å². The quantitative estimate of drug-likeness (QED) is 0.445. The number of hydrogen-bond donors (Lipinski definition) is 1. The van der Waals surface area contributed by atoms with Crippen molar-refractivity contribution in [3.05, 3.63) is 96.0 Å². The van der Waals surface area contributed by atoms with Crippen molar-refractivity contribution in [2.45, 2.75) is 6.54 Å². The number of amides is 2. The van der Waals surface area contributed by atoms with Crippen LogP contribution in [0.3, 0.4) is 0 Å². The molecule has 0 aliphatic carbocycles. The summed E-state index contributed by atoms with van der Waals surface area (Å²) in [6, 6.07) is 19.1. The van der Waals surface area contributed by atoms with Crippen molar-refractivity contribution in [1.82, 2.24) is 4.90 Å². The molecule has 0 saturated heterocycles. The first-order valence-corrected chi connectivity index (χ1v) is 9.58. The predicted molar refractivity (Wildman–Crippen MR) is 116 cm³/mol. The van der Waals surface area contributed by atoms with Gasteiger partial charge in [0.1, 0.15) is 12.3 Å². The van der Waals surface area contributed by atoms with E-state index in [0.717, 1.165) is 5.56 Å². The van der Waals surface area contributed by atoms with Crippen LogP contribution in [0.4, 0.5) is 5.69 Å². The van der Waals surface area contributed by atoms with Crippen LogP contribution in [-0.4, -0.2) is 36.3 Å². The highest BCUT2D eigenvalue weighted by Gasteiger charge is 2.17. The summed E-state index contributed by atoms with van der Waals surface area (Å²) in [7, 11) is 1.32. The zero-order valence-corrected chi connectivity index (χ0v) is 17.0. The molecule has 0 radical (unpaired) electrons. The molecule has 0 unspecified atom stereocenters. The van der Waals surface area contributed by atoms with Crippen molar-refractivity contribution in [2.24, 2.45) is 0 Å². The number of ether oxygens (including phenoxy) is 1. The number of benzene rings is 2. The summed E-state index contributed by atoms with van der Waals surface area (Å²) >= 11 is 0. The summed E-state index contributed by atoms with van der Waals surface area (Å²) in [5.41, 5.74) is 1.80. The van der Waals surface area contributed by atoms with E-state index in [0.29, 0.717) is 17.0 Å². The van der Waals surface area contributed by atoms with E-state index in [1.807, 2.05) is 18.2 Å². The first-order chi connectivity index (χ1) is 15.0. The molecule has 158 valence electrons. The van der Waals surface area contributed by atoms with Gasteiger partial charge in [-0.05, 0) is 48.0 Å². The molecule has 0 saturated carbocycles. The van der Waals surface area contributed by atoms with Gasteiger partial charge in [-0.15, -0.1) is 0 Å². The Hall–Kier alpha value is -4.13. The normalized spacial score (nSPS) is 10.6. The lowest BCUT2D eigenvalue weighted by atomic mass is 10.1. The van der Waals surface area contributed by atoms with Gasteiger partial charge in [-0.2, -0.15) is 0 Å². The maximum atomic E-state index is 12.8. The molecular formula is C24H22N2O5. The number of methoxy groups -OCH3 is 1. The topological polar surface area (TPSA) is 88.9 Å². The maximum Gasteiger partial charge on any atom is 0.337 e. The number of furan rings is 1. The average Bonchev–Trinajstić information content (AvgIpc) is 3.30. The van der Waals surface area contributed by atoms with E-state index < -0.39 is 5.97 Å². The minimum absolute atomic E-state index is 0.139. The summed E-state index contributed by atoms with van der Waals surface area (Å²) in [6.07, 6.45) is 4.51. The van der Waals surface area contributed by atoms with Gasteiger partial charge in [0.15, 0.2) is 0 Å². The zero-order valence-electron chi connectivity index (χ0n) is 17.0. The molecule has 1 heterocycles. The molecule has 3 rings (SSSR count). The van der Waals surface area contributed by atoms with E-state index in [-0.39, 0.29) is 24.9 Å². The summed E-state index contributed by atoms with van der Waals surface area (Å²) in [4.78, 5) is 38.2. The standard InChI is InChI=1S/C24H22N2O5/c1-30-24(29)19-12-9-18(10-13-19)11-14-23(28)26(16-21-8-5-15-31-21)17-22(27)25-20-6-3-2-4-7-20/h2-15H,16-17H2,1H3,(H,25,27)/b14-11+. The van der Waals surface area contributed by atoms with Crippen molar-refractivity contribution in [3.63, 3.8) is 0 Å². The Morgan fingerprint density at radius 1 is 1.00 bits per heavy atom. The summed E-state index contributed by atoms with van der Waals surface area (Å²) in [5, 5.41) is 2.77. The predicted octanol–water partition coefficient (Wildman–Crippen LogP) is 3.75. The van der Waals surface area contributed by atoms with Crippen LogP contribution in [0.1, 0.15) is 21.7 Å². The average molecular weight is 418 g/mol. The second kappa shape index (κ2) is 10.6. The lowest BCUT2D eigenvalue weighted by molar-refractivity contribution is -0.131. The fraction of sp³-hybridized carbons (Fsp3) is 0.125. The molecule has 0 bridgehead atoms. The SMILES string of the molecule is COC(=O)c1ccc(/C=C/C(=O)N(CC(=O)Nc2ccccc2)Cc2ccco2)cc1. The van der Waals surface area contributed by atoms with Crippen LogP contribution in [0.15, 0.2) is 83.5 Å². The third kappa shape index (κ3) is 6.43. The van der Waals surface area contributed by atoms with Crippen molar-refractivity contribution < 1.29 is 23.5 Å². The van der Waals surface area contributed by atoms with Crippen molar-refractivity contribution in [3.8, 4) is 0 Å². The Labute approximate surface area is 179 Å². The number of nitrogens with zero attached hydrogens (tertiary/aromatic N) is 1. The molecule has 1 N–H and O–H groups in total. The summed E-state index contributed by atoms with van der Waals surface area (Å²) in [5.74, 6) is -0.532. The van der Waals surface area contributed by atoms with Gasteiger partial charge in [0.05, 0.1) is 25.5 Å². The lowest BCUT2D eigenvalue weighted by Crippen LogP contribution is -2.36. The summed E-state index contributed by atoms with van der Waals surface area (Å²) < 4.78 is 10.0. The fourth-order valence-electron chi connectivity index (χ4n) is 2.82. The molecule has 0 aliphatic rings. The van der Waals surface area contributed by atoms with Crippen LogP contribution in [0.25, 0.3) is 6.08 Å². The molecule has 0 fully saturated rings. The first-order valence-electron chi connectivity index (χ1n) is 9.58. The van der Waals surface area contributed by atoms with Crippen LogP contribution < -0.4 is 5.32 Å².